The molecule has 0 radical (unpaired) electrons. The zero-order valence-electron chi connectivity index (χ0n) is 14.1. The van der Waals surface area contributed by atoms with Crippen molar-refractivity contribution in [3.8, 4) is 0 Å². The predicted octanol–water partition coefficient (Wildman–Crippen LogP) is 2.62. The topological polar surface area (TPSA) is 62.5 Å². The van der Waals surface area contributed by atoms with Crippen molar-refractivity contribution in [2.75, 3.05) is 38.1 Å². The first-order valence-electron chi connectivity index (χ1n) is 7.82. The minimum absolute atomic E-state index is 0. The van der Waals surface area contributed by atoms with Crippen molar-refractivity contribution in [2.45, 2.75) is 5.92 Å². The largest absolute Gasteiger partial charge is 0.330 e. The highest BCUT2D eigenvalue weighted by Gasteiger charge is 2.34. The highest BCUT2D eigenvalue weighted by atomic mass is 35.5. The minimum Gasteiger partial charge on any atom is -0.330 e. The van der Waals surface area contributed by atoms with Crippen LogP contribution in [0.2, 0.25) is 0 Å². The van der Waals surface area contributed by atoms with Crippen LogP contribution in [0.15, 0.2) is 41.9 Å². The van der Waals surface area contributed by atoms with Crippen LogP contribution in [-0.4, -0.2) is 49.0 Å². The first-order chi connectivity index (χ1) is 11.2. The number of hydrogen-bond acceptors (Lipinski definition) is 5. The number of likely N-dealkylation sites (tertiary alicyclic amines) is 1. The molecule has 8 heteroatoms. The predicted molar refractivity (Wildman–Crippen MR) is 108 cm³/mol. The lowest BCUT2D eigenvalue weighted by molar-refractivity contribution is -0.119. The summed E-state index contributed by atoms with van der Waals surface area (Å²) in [6, 6.07) is 10.5. The van der Waals surface area contributed by atoms with Crippen LogP contribution in [0.25, 0.3) is 0 Å². The van der Waals surface area contributed by atoms with E-state index in [2.05, 4.69) is 34.1 Å². The molecule has 1 aliphatic rings. The van der Waals surface area contributed by atoms with E-state index in [0.29, 0.717) is 24.9 Å². The van der Waals surface area contributed by atoms with Gasteiger partial charge in [0.25, 0.3) is 0 Å². The van der Waals surface area contributed by atoms with Crippen LogP contribution >= 0.6 is 36.2 Å². The van der Waals surface area contributed by atoms with Crippen molar-refractivity contribution in [1.29, 1.82) is 0 Å². The number of amides is 1. The average molecular weight is 403 g/mol. The van der Waals surface area contributed by atoms with Gasteiger partial charge in [-0.05, 0) is 18.0 Å². The zero-order valence-corrected chi connectivity index (χ0v) is 16.5. The monoisotopic (exact) mass is 402 g/mol. The van der Waals surface area contributed by atoms with E-state index in [1.54, 1.807) is 18.1 Å². The Bertz CT molecular complexity index is 641. The molecule has 0 bridgehead atoms. The summed E-state index contributed by atoms with van der Waals surface area (Å²) >= 11 is 1.48. The van der Waals surface area contributed by atoms with E-state index in [-0.39, 0.29) is 30.7 Å². The fourth-order valence-electron chi connectivity index (χ4n) is 3.19. The molecule has 3 rings (SSSR count). The van der Waals surface area contributed by atoms with Crippen molar-refractivity contribution in [3.05, 3.63) is 47.5 Å². The number of hydrogen-bond donors (Lipinski definition) is 1. The molecule has 2 N–H and O–H groups in total. The summed E-state index contributed by atoms with van der Waals surface area (Å²) in [4.78, 5) is 20.5. The van der Waals surface area contributed by atoms with E-state index < -0.39 is 0 Å². The first-order valence-corrected chi connectivity index (χ1v) is 8.70. The summed E-state index contributed by atoms with van der Waals surface area (Å²) in [5.74, 6) is 0.874. The molecular formula is C17H24Cl2N4OS. The van der Waals surface area contributed by atoms with Gasteiger partial charge in [-0.2, -0.15) is 0 Å². The summed E-state index contributed by atoms with van der Waals surface area (Å²) in [6.45, 7) is 2.80. The molecule has 0 saturated carbocycles. The van der Waals surface area contributed by atoms with Gasteiger partial charge in [-0.15, -0.1) is 36.2 Å². The van der Waals surface area contributed by atoms with Crippen LogP contribution in [0, 0.1) is 5.92 Å². The number of carbonyl (C=O) groups excluding carboxylic acids is 1. The Morgan fingerprint density at radius 1 is 1.32 bits per heavy atom. The van der Waals surface area contributed by atoms with Crippen molar-refractivity contribution < 1.29 is 4.79 Å². The Hall–Kier alpha value is -1.18. The van der Waals surface area contributed by atoms with Gasteiger partial charge < -0.3 is 5.73 Å². The Labute approximate surface area is 165 Å². The molecule has 2 atom stereocenters. The van der Waals surface area contributed by atoms with Gasteiger partial charge >= 0.3 is 0 Å². The first kappa shape index (κ1) is 21.9. The molecule has 1 fully saturated rings. The van der Waals surface area contributed by atoms with Gasteiger partial charge in [-0.25, -0.2) is 4.98 Å². The van der Waals surface area contributed by atoms with E-state index in [9.17, 15) is 4.79 Å². The van der Waals surface area contributed by atoms with Gasteiger partial charge in [0.1, 0.15) is 0 Å². The third kappa shape index (κ3) is 5.15. The number of likely N-dealkylation sites (N-methyl/N-ethyl adjacent to an activating group) is 1. The summed E-state index contributed by atoms with van der Waals surface area (Å²) in [6.07, 6.45) is 1.72. The number of nitrogens with zero attached hydrogens (tertiary/aromatic N) is 3. The Morgan fingerprint density at radius 3 is 2.64 bits per heavy atom. The second-order valence-corrected chi connectivity index (χ2v) is 6.85. The van der Waals surface area contributed by atoms with Crippen LogP contribution in [0.4, 0.5) is 5.13 Å². The van der Waals surface area contributed by atoms with Crippen LogP contribution in [0.1, 0.15) is 11.5 Å². The van der Waals surface area contributed by atoms with Crippen molar-refractivity contribution in [3.63, 3.8) is 0 Å². The van der Waals surface area contributed by atoms with Gasteiger partial charge in [0.2, 0.25) is 5.91 Å². The molecular weight excluding hydrogens is 379 g/mol. The van der Waals surface area contributed by atoms with Crippen LogP contribution in [0.3, 0.4) is 0 Å². The van der Waals surface area contributed by atoms with E-state index in [0.717, 1.165) is 18.2 Å². The molecule has 138 valence electrons. The standard InChI is InChI=1S/C17H22N4OS.2ClH/c1-20(17-19-7-8-23-17)16(22)12-21-10-14(9-18)15(11-21)13-5-3-2-4-6-13;;/h2-8,14-15H,9-12,18H2,1H3;2*1H/t14-,15+;;/m1../s1. The Kier molecular flexibility index (Phi) is 8.82. The maximum atomic E-state index is 12.5. The van der Waals surface area contributed by atoms with Gasteiger partial charge in [0.05, 0.1) is 6.54 Å². The molecule has 2 aromatic rings. The van der Waals surface area contributed by atoms with Crippen LogP contribution in [-0.2, 0) is 4.79 Å². The lowest BCUT2D eigenvalue weighted by Crippen LogP contribution is -2.37. The molecule has 0 unspecified atom stereocenters. The van der Waals surface area contributed by atoms with Gasteiger partial charge in [-0.3, -0.25) is 14.6 Å². The number of aromatic nitrogens is 1. The lowest BCUT2D eigenvalue weighted by atomic mass is 9.89. The smallest absolute Gasteiger partial charge is 0.242 e. The van der Waals surface area contributed by atoms with Gasteiger partial charge in [0.15, 0.2) is 5.13 Å². The quantitative estimate of drug-likeness (QED) is 0.834. The molecule has 1 saturated heterocycles. The summed E-state index contributed by atoms with van der Waals surface area (Å²) in [7, 11) is 1.78. The maximum Gasteiger partial charge on any atom is 0.242 e. The van der Waals surface area contributed by atoms with Gasteiger partial charge in [-0.1, -0.05) is 30.3 Å². The molecule has 2 heterocycles. The fraction of sp³-hybridized carbons (Fsp3) is 0.412. The Balaban J connectivity index is 0.00000156. The SMILES string of the molecule is CN(C(=O)CN1C[C@@H](CN)[C@H](c2ccccc2)C1)c1nccs1.Cl.Cl. The van der Waals surface area contributed by atoms with Crippen LogP contribution in [0.5, 0.6) is 0 Å². The third-order valence-corrected chi connectivity index (χ3v) is 5.33. The normalized spacial score (nSPS) is 19.8. The van der Waals surface area contributed by atoms with E-state index in [4.69, 9.17) is 5.73 Å². The number of carbonyl (C=O) groups is 1. The zero-order chi connectivity index (χ0) is 16.2. The van der Waals surface area contributed by atoms with Crippen molar-refractivity contribution in [1.82, 2.24) is 9.88 Å². The summed E-state index contributed by atoms with van der Waals surface area (Å²) in [5.41, 5.74) is 7.27. The molecule has 25 heavy (non-hydrogen) atoms. The third-order valence-electron chi connectivity index (χ3n) is 4.49. The van der Waals surface area contributed by atoms with E-state index in [1.165, 1.54) is 16.9 Å². The van der Waals surface area contributed by atoms with Crippen molar-refractivity contribution >= 4 is 47.2 Å². The summed E-state index contributed by atoms with van der Waals surface area (Å²) in [5, 5.41) is 2.62. The fourth-order valence-corrected chi connectivity index (χ4v) is 3.82. The number of benzene rings is 1. The maximum absolute atomic E-state index is 12.5. The molecule has 5 nitrogen and oxygen atoms in total. The molecule has 1 aromatic heterocycles. The lowest BCUT2D eigenvalue weighted by Gasteiger charge is -2.19. The molecule has 1 aromatic carbocycles. The van der Waals surface area contributed by atoms with Crippen molar-refractivity contribution in [2.24, 2.45) is 11.7 Å². The highest BCUT2D eigenvalue weighted by Crippen LogP contribution is 2.32. The van der Waals surface area contributed by atoms with Crippen LogP contribution < -0.4 is 10.6 Å². The number of nitrogens with two attached hydrogens (primary N) is 1. The second-order valence-electron chi connectivity index (χ2n) is 5.97. The molecule has 0 aliphatic carbocycles. The summed E-state index contributed by atoms with van der Waals surface area (Å²) < 4.78 is 0. The minimum atomic E-state index is 0. The van der Waals surface area contributed by atoms with E-state index in [1.807, 2.05) is 11.4 Å². The van der Waals surface area contributed by atoms with Gasteiger partial charge in [0, 0.05) is 37.6 Å². The number of thiazole rings is 1. The average Bonchev–Trinajstić information content (AvgIpc) is 3.24. The Morgan fingerprint density at radius 2 is 2.04 bits per heavy atom. The number of halogens is 2. The highest BCUT2D eigenvalue weighted by molar-refractivity contribution is 7.13. The number of rotatable bonds is 5. The molecule has 0 spiro atoms. The molecule has 1 aliphatic heterocycles. The molecule has 1 amide bonds. The second kappa shape index (κ2) is 10.1. The number of anilines is 1. The van der Waals surface area contributed by atoms with E-state index >= 15 is 0 Å².